The molecule has 0 bridgehead atoms. The minimum Gasteiger partial charge on any atom is -0.354 e. The SMILES string of the molecule is CC(C)CNC(=O)[C@H](C)N(Cc1ccc(F)cc1)C(=O)CN(c1ccccc1F)S(=O)(=O)N(C)C. The van der Waals surface area contributed by atoms with Gasteiger partial charge in [-0.15, -0.1) is 0 Å². The van der Waals surface area contributed by atoms with E-state index < -0.39 is 46.2 Å². The number of anilines is 1. The van der Waals surface area contributed by atoms with E-state index >= 15 is 0 Å². The standard InChI is InChI=1S/C24H32F2N4O4S/c1-17(2)14-27-24(32)18(3)29(15-19-10-12-20(25)13-11-19)23(31)16-30(35(33,34)28(4)5)22-9-7-6-8-21(22)26/h6-13,17-18H,14-16H2,1-5H3,(H,27,32)/t18-/m0/s1. The van der Waals surface area contributed by atoms with Gasteiger partial charge in [0, 0.05) is 27.2 Å². The molecule has 0 heterocycles. The van der Waals surface area contributed by atoms with Gasteiger partial charge in [0.05, 0.1) is 5.69 Å². The van der Waals surface area contributed by atoms with E-state index in [1.807, 2.05) is 13.8 Å². The number of hydrogen-bond acceptors (Lipinski definition) is 4. The monoisotopic (exact) mass is 510 g/mol. The van der Waals surface area contributed by atoms with Crippen LogP contribution in [-0.2, 0) is 26.3 Å². The van der Waals surface area contributed by atoms with Crippen molar-refractivity contribution in [3.63, 3.8) is 0 Å². The second-order valence-electron chi connectivity index (χ2n) is 8.71. The van der Waals surface area contributed by atoms with Gasteiger partial charge in [-0.1, -0.05) is 38.1 Å². The first-order valence-corrected chi connectivity index (χ1v) is 12.5. The molecule has 0 saturated carbocycles. The second-order valence-corrected chi connectivity index (χ2v) is 10.8. The van der Waals surface area contributed by atoms with Crippen molar-refractivity contribution < 1.29 is 26.8 Å². The highest BCUT2D eigenvalue weighted by Crippen LogP contribution is 2.24. The minimum absolute atomic E-state index is 0.0809. The molecule has 0 fully saturated rings. The number of amides is 2. The predicted octanol–water partition coefficient (Wildman–Crippen LogP) is 2.77. The predicted molar refractivity (Wildman–Crippen MR) is 131 cm³/mol. The van der Waals surface area contributed by atoms with Crippen LogP contribution in [0.4, 0.5) is 14.5 Å². The van der Waals surface area contributed by atoms with Crippen LogP contribution in [0.3, 0.4) is 0 Å². The Morgan fingerprint density at radius 3 is 2.11 bits per heavy atom. The maximum atomic E-state index is 14.6. The van der Waals surface area contributed by atoms with Gasteiger partial charge in [-0.05, 0) is 42.7 Å². The first kappa shape index (κ1) is 28.2. The third-order valence-corrected chi connectivity index (χ3v) is 7.06. The summed E-state index contributed by atoms with van der Waals surface area (Å²) in [4.78, 5) is 27.5. The maximum absolute atomic E-state index is 14.6. The van der Waals surface area contributed by atoms with Crippen LogP contribution in [0.2, 0.25) is 0 Å². The van der Waals surface area contributed by atoms with E-state index in [0.717, 1.165) is 10.4 Å². The van der Waals surface area contributed by atoms with E-state index in [4.69, 9.17) is 0 Å². The summed E-state index contributed by atoms with van der Waals surface area (Å²) < 4.78 is 55.5. The Morgan fingerprint density at radius 2 is 1.57 bits per heavy atom. The third kappa shape index (κ3) is 7.46. The molecule has 35 heavy (non-hydrogen) atoms. The number of carbonyl (C=O) groups is 2. The van der Waals surface area contributed by atoms with Crippen LogP contribution in [-0.4, -0.2) is 62.7 Å². The largest absolute Gasteiger partial charge is 0.354 e. The quantitative estimate of drug-likeness (QED) is 0.504. The van der Waals surface area contributed by atoms with Crippen LogP contribution in [0.1, 0.15) is 26.3 Å². The van der Waals surface area contributed by atoms with Crippen molar-refractivity contribution in [1.29, 1.82) is 0 Å². The summed E-state index contributed by atoms with van der Waals surface area (Å²) in [6, 6.07) is 9.63. The molecule has 2 rings (SSSR count). The van der Waals surface area contributed by atoms with Gasteiger partial charge in [0.25, 0.3) is 0 Å². The van der Waals surface area contributed by atoms with Gasteiger partial charge < -0.3 is 10.2 Å². The highest BCUT2D eigenvalue weighted by atomic mass is 32.2. The van der Waals surface area contributed by atoms with Crippen molar-refractivity contribution in [1.82, 2.24) is 14.5 Å². The topological polar surface area (TPSA) is 90.0 Å². The number of rotatable bonds is 11. The third-order valence-electron chi connectivity index (χ3n) is 5.26. The Labute approximate surface area is 205 Å². The number of nitrogens with one attached hydrogen (secondary N) is 1. The second kappa shape index (κ2) is 12.1. The van der Waals surface area contributed by atoms with E-state index in [-0.39, 0.29) is 18.2 Å². The van der Waals surface area contributed by atoms with Gasteiger partial charge >= 0.3 is 10.2 Å². The van der Waals surface area contributed by atoms with Crippen molar-refractivity contribution in [3.8, 4) is 0 Å². The molecule has 2 aromatic rings. The van der Waals surface area contributed by atoms with Crippen LogP contribution >= 0.6 is 0 Å². The number of benzene rings is 2. The lowest BCUT2D eigenvalue weighted by atomic mass is 10.1. The maximum Gasteiger partial charge on any atom is 0.304 e. The molecular weight excluding hydrogens is 478 g/mol. The molecule has 0 saturated heterocycles. The lowest BCUT2D eigenvalue weighted by Crippen LogP contribution is -2.52. The zero-order valence-corrected chi connectivity index (χ0v) is 21.4. The highest BCUT2D eigenvalue weighted by molar-refractivity contribution is 7.90. The number of hydrogen-bond donors (Lipinski definition) is 1. The van der Waals surface area contributed by atoms with Crippen LogP contribution in [0.5, 0.6) is 0 Å². The Bertz CT molecular complexity index is 1120. The number of halogens is 2. The normalized spacial score (nSPS) is 12.5. The van der Waals surface area contributed by atoms with Crippen molar-refractivity contribution in [3.05, 3.63) is 65.7 Å². The lowest BCUT2D eigenvalue weighted by molar-refractivity contribution is -0.139. The van der Waals surface area contributed by atoms with Crippen molar-refractivity contribution in [2.45, 2.75) is 33.4 Å². The average Bonchev–Trinajstić information content (AvgIpc) is 2.80. The molecule has 0 radical (unpaired) electrons. The van der Waals surface area contributed by atoms with Crippen LogP contribution in [0.15, 0.2) is 48.5 Å². The molecule has 2 amide bonds. The van der Waals surface area contributed by atoms with E-state index in [9.17, 15) is 26.8 Å². The molecular formula is C24H32F2N4O4S. The van der Waals surface area contributed by atoms with Crippen molar-refractivity contribution >= 4 is 27.7 Å². The fourth-order valence-corrected chi connectivity index (χ4v) is 4.24. The first-order chi connectivity index (χ1) is 16.3. The number of nitrogens with zero attached hydrogens (tertiary/aromatic N) is 3. The van der Waals surface area contributed by atoms with Gasteiger partial charge in [0.2, 0.25) is 11.8 Å². The highest BCUT2D eigenvalue weighted by Gasteiger charge is 2.33. The van der Waals surface area contributed by atoms with E-state index in [0.29, 0.717) is 16.4 Å². The smallest absolute Gasteiger partial charge is 0.304 e. The zero-order chi connectivity index (χ0) is 26.3. The van der Waals surface area contributed by atoms with Crippen molar-refractivity contribution in [2.24, 2.45) is 5.92 Å². The van der Waals surface area contributed by atoms with Gasteiger partial charge in [0.15, 0.2) is 0 Å². The summed E-state index contributed by atoms with van der Waals surface area (Å²) in [5.41, 5.74) is 0.240. The summed E-state index contributed by atoms with van der Waals surface area (Å²) in [5.74, 6) is -2.26. The molecule has 1 atom stereocenters. The van der Waals surface area contributed by atoms with Crippen LogP contribution in [0.25, 0.3) is 0 Å². The van der Waals surface area contributed by atoms with Gasteiger partial charge in [0.1, 0.15) is 24.2 Å². The Balaban J connectivity index is 2.44. The molecule has 0 aromatic heterocycles. The minimum atomic E-state index is -4.26. The molecule has 1 N–H and O–H groups in total. The zero-order valence-electron chi connectivity index (χ0n) is 20.5. The van der Waals surface area contributed by atoms with Gasteiger partial charge in [-0.2, -0.15) is 12.7 Å². The number of para-hydroxylation sites is 1. The summed E-state index contributed by atoms with van der Waals surface area (Å²) >= 11 is 0. The number of carbonyl (C=O) groups excluding carboxylic acids is 2. The van der Waals surface area contributed by atoms with Crippen molar-refractivity contribution in [2.75, 3.05) is 31.5 Å². The summed E-state index contributed by atoms with van der Waals surface area (Å²) in [7, 11) is -1.72. The Morgan fingerprint density at radius 1 is 0.971 bits per heavy atom. The molecule has 11 heteroatoms. The molecule has 8 nitrogen and oxygen atoms in total. The van der Waals surface area contributed by atoms with E-state index in [2.05, 4.69) is 5.32 Å². The molecule has 0 aliphatic carbocycles. The molecule has 0 aliphatic rings. The van der Waals surface area contributed by atoms with Crippen LogP contribution < -0.4 is 9.62 Å². The Kier molecular flexibility index (Phi) is 9.73. The molecule has 0 spiro atoms. The molecule has 0 unspecified atom stereocenters. The van der Waals surface area contributed by atoms with Crippen LogP contribution in [0, 0.1) is 17.6 Å². The lowest BCUT2D eigenvalue weighted by Gasteiger charge is -2.33. The summed E-state index contributed by atoms with van der Waals surface area (Å²) in [5, 5.41) is 2.76. The first-order valence-electron chi connectivity index (χ1n) is 11.1. The fraction of sp³-hybridized carbons (Fsp3) is 0.417. The molecule has 0 aliphatic heterocycles. The summed E-state index contributed by atoms with van der Waals surface area (Å²) in [6.45, 7) is 4.92. The fourth-order valence-electron chi connectivity index (χ4n) is 3.18. The van der Waals surface area contributed by atoms with Gasteiger partial charge in [-0.25, -0.2) is 13.1 Å². The molecule has 2 aromatic carbocycles. The summed E-state index contributed by atoms with van der Waals surface area (Å²) in [6.07, 6.45) is 0. The van der Waals surface area contributed by atoms with E-state index in [1.165, 1.54) is 68.4 Å². The van der Waals surface area contributed by atoms with E-state index in [1.54, 1.807) is 0 Å². The molecule has 192 valence electrons. The Hall–Kier alpha value is -3.05. The van der Waals surface area contributed by atoms with Gasteiger partial charge in [-0.3, -0.25) is 9.59 Å². The average molecular weight is 511 g/mol.